The predicted octanol–water partition coefficient (Wildman–Crippen LogP) is 4.08. The minimum atomic E-state index is -1.10. The molecule has 3 aromatic rings. The summed E-state index contributed by atoms with van der Waals surface area (Å²) in [7, 11) is 0. The maximum Gasteiger partial charge on any atom is 0.336 e. The SMILES string of the molecule is Cc1cccc(C(=O)c2c(C(=O)O)ccc3ccccc23)c1. The molecule has 0 aliphatic heterocycles. The highest BCUT2D eigenvalue weighted by atomic mass is 16.4. The maximum atomic E-state index is 12.9. The first-order valence-electron chi connectivity index (χ1n) is 6.94. The Morgan fingerprint density at radius 3 is 2.41 bits per heavy atom. The fourth-order valence-corrected chi connectivity index (χ4v) is 2.63. The number of fused-ring (bicyclic) bond motifs is 1. The summed E-state index contributed by atoms with van der Waals surface area (Å²) in [5.41, 5.74) is 1.74. The van der Waals surface area contributed by atoms with Crippen LogP contribution in [-0.2, 0) is 0 Å². The lowest BCUT2D eigenvalue weighted by atomic mass is 9.92. The fraction of sp³-hybridized carbons (Fsp3) is 0.0526. The van der Waals surface area contributed by atoms with Gasteiger partial charge in [-0.15, -0.1) is 0 Å². The molecule has 3 nitrogen and oxygen atoms in total. The summed E-state index contributed by atoms with van der Waals surface area (Å²) >= 11 is 0. The number of carboxylic acids is 1. The van der Waals surface area contributed by atoms with Crippen LogP contribution < -0.4 is 0 Å². The number of carbonyl (C=O) groups excluding carboxylic acids is 1. The van der Waals surface area contributed by atoms with Gasteiger partial charge < -0.3 is 5.11 Å². The van der Waals surface area contributed by atoms with Crippen LogP contribution in [0.1, 0.15) is 31.8 Å². The van der Waals surface area contributed by atoms with Crippen molar-refractivity contribution in [2.75, 3.05) is 0 Å². The molecule has 0 saturated heterocycles. The van der Waals surface area contributed by atoms with Gasteiger partial charge in [-0.1, -0.05) is 54.1 Å². The molecule has 0 fully saturated rings. The van der Waals surface area contributed by atoms with E-state index in [4.69, 9.17) is 0 Å². The zero-order valence-electron chi connectivity index (χ0n) is 12.0. The standard InChI is InChI=1S/C19H14O3/c1-12-5-4-7-14(11-12)18(20)17-15-8-3-2-6-13(15)9-10-16(17)19(21)22/h2-11H,1H3,(H,21,22). The average Bonchev–Trinajstić information content (AvgIpc) is 2.53. The molecule has 0 aliphatic rings. The van der Waals surface area contributed by atoms with E-state index in [1.165, 1.54) is 6.07 Å². The summed E-state index contributed by atoms with van der Waals surface area (Å²) in [6.45, 7) is 1.90. The summed E-state index contributed by atoms with van der Waals surface area (Å²) < 4.78 is 0. The second-order valence-corrected chi connectivity index (χ2v) is 5.21. The van der Waals surface area contributed by atoms with Crippen molar-refractivity contribution < 1.29 is 14.7 Å². The summed E-state index contributed by atoms with van der Waals surface area (Å²) in [5.74, 6) is -1.36. The van der Waals surface area contributed by atoms with Gasteiger partial charge in [0.15, 0.2) is 5.78 Å². The van der Waals surface area contributed by atoms with Crippen LogP contribution in [0.5, 0.6) is 0 Å². The summed E-state index contributed by atoms with van der Waals surface area (Å²) in [4.78, 5) is 24.4. The van der Waals surface area contributed by atoms with Crippen molar-refractivity contribution in [2.24, 2.45) is 0 Å². The number of rotatable bonds is 3. The molecule has 0 bridgehead atoms. The van der Waals surface area contributed by atoms with Gasteiger partial charge in [0.05, 0.1) is 5.56 Å². The Bertz CT molecular complexity index is 894. The highest BCUT2D eigenvalue weighted by Gasteiger charge is 2.20. The molecule has 0 amide bonds. The number of benzene rings is 3. The van der Waals surface area contributed by atoms with Gasteiger partial charge in [-0.05, 0) is 29.8 Å². The molecule has 0 atom stereocenters. The number of ketones is 1. The van der Waals surface area contributed by atoms with Crippen LogP contribution in [0, 0.1) is 6.92 Å². The molecule has 0 spiro atoms. The second-order valence-electron chi connectivity index (χ2n) is 5.21. The van der Waals surface area contributed by atoms with Gasteiger partial charge in [-0.25, -0.2) is 4.79 Å². The molecular formula is C19H14O3. The fourth-order valence-electron chi connectivity index (χ4n) is 2.63. The van der Waals surface area contributed by atoms with E-state index in [-0.39, 0.29) is 16.9 Å². The van der Waals surface area contributed by atoms with E-state index in [1.807, 2.05) is 25.1 Å². The Balaban J connectivity index is 2.30. The van der Waals surface area contributed by atoms with E-state index >= 15 is 0 Å². The number of aromatic carboxylic acids is 1. The summed E-state index contributed by atoms with van der Waals surface area (Å²) in [5, 5.41) is 10.9. The van der Waals surface area contributed by atoms with E-state index in [0.717, 1.165) is 10.9 Å². The number of hydrogen-bond donors (Lipinski definition) is 1. The van der Waals surface area contributed by atoms with E-state index in [2.05, 4.69) is 0 Å². The van der Waals surface area contributed by atoms with E-state index in [0.29, 0.717) is 10.9 Å². The number of hydrogen-bond acceptors (Lipinski definition) is 2. The molecule has 0 heterocycles. The number of carbonyl (C=O) groups is 2. The van der Waals surface area contributed by atoms with Crippen molar-refractivity contribution >= 4 is 22.5 Å². The molecule has 1 N–H and O–H groups in total. The normalized spacial score (nSPS) is 10.6. The van der Waals surface area contributed by atoms with Crippen molar-refractivity contribution in [1.82, 2.24) is 0 Å². The van der Waals surface area contributed by atoms with Gasteiger partial charge in [0.1, 0.15) is 0 Å². The lowest BCUT2D eigenvalue weighted by Crippen LogP contribution is -2.10. The Morgan fingerprint density at radius 1 is 0.909 bits per heavy atom. The van der Waals surface area contributed by atoms with Crippen LogP contribution in [0.25, 0.3) is 10.8 Å². The van der Waals surface area contributed by atoms with Crippen LogP contribution in [0.4, 0.5) is 0 Å². The molecule has 22 heavy (non-hydrogen) atoms. The molecule has 0 radical (unpaired) electrons. The summed E-state index contributed by atoms with van der Waals surface area (Å²) in [6, 6.07) is 17.7. The molecule has 0 aliphatic carbocycles. The van der Waals surface area contributed by atoms with Crippen LogP contribution in [0.3, 0.4) is 0 Å². The Labute approximate surface area is 127 Å². The Kier molecular flexibility index (Phi) is 3.47. The third kappa shape index (κ3) is 2.37. The number of carboxylic acid groups (broad SMARTS) is 1. The summed E-state index contributed by atoms with van der Waals surface area (Å²) in [6.07, 6.45) is 0. The largest absolute Gasteiger partial charge is 0.478 e. The van der Waals surface area contributed by atoms with E-state index < -0.39 is 5.97 Å². The first kappa shape index (κ1) is 14.0. The van der Waals surface area contributed by atoms with Gasteiger partial charge in [-0.2, -0.15) is 0 Å². The maximum absolute atomic E-state index is 12.9. The van der Waals surface area contributed by atoms with Gasteiger partial charge in [-0.3, -0.25) is 4.79 Å². The quantitative estimate of drug-likeness (QED) is 0.739. The lowest BCUT2D eigenvalue weighted by Gasteiger charge is -2.10. The monoisotopic (exact) mass is 290 g/mol. The van der Waals surface area contributed by atoms with Gasteiger partial charge in [0, 0.05) is 11.1 Å². The highest BCUT2D eigenvalue weighted by molar-refractivity contribution is 6.21. The van der Waals surface area contributed by atoms with Crippen LogP contribution >= 0.6 is 0 Å². The molecular weight excluding hydrogens is 276 g/mol. The van der Waals surface area contributed by atoms with Crippen molar-refractivity contribution in [1.29, 1.82) is 0 Å². The zero-order chi connectivity index (χ0) is 15.7. The molecule has 3 aromatic carbocycles. The van der Waals surface area contributed by atoms with Gasteiger partial charge in [0.25, 0.3) is 0 Å². The Morgan fingerprint density at radius 2 is 1.68 bits per heavy atom. The smallest absolute Gasteiger partial charge is 0.336 e. The first-order valence-corrected chi connectivity index (χ1v) is 6.94. The van der Waals surface area contributed by atoms with E-state index in [1.54, 1.807) is 36.4 Å². The topological polar surface area (TPSA) is 54.4 Å². The highest BCUT2D eigenvalue weighted by Crippen LogP contribution is 2.25. The van der Waals surface area contributed by atoms with Crippen molar-refractivity contribution in [3.63, 3.8) is 0 Å². The van der Waals surface area contributed by atoms with E-state index in [9.17, 15) is 14.7 Å². The Hall–Kier alpha value is -2.94. The van der Waals surface area contributed by atoms with Crippen molar-refractivity contribution in [3.05, 3.63) is 82.9 Å². The van der Waals surface area contributed by atoms with Crippen LogP contribution in [0.15, 0.2) is 60.7 Å². The molecule has 0 unspecified atom stereocenters. The average molecular weight is 290 g/mol. The lowest BCUT2D eigenvalue weighted by molar-refractivity contribution is 0.0693. The molecule has 3 rings (SSSR count). The minimum Gasteiger partial charge on any atom is -0.478 e. The molecule has 3 heteroatoms. The molecule has 0 saturated carbocycles. The van der Waals surface area contributed by atoms with Gasteiger partial charge >= 0.3 is 5.97 Å². The van der Waals surface area contributed by atoms with Crippen LogP contribution in [0.2, 0.25) is 0 Å². The number of aryl methyl sites for hydroxylation is 1. The molecule has 108 valence electrons. The second kappa shape index (κ2) is 5.45. The third-order valence-corrected chi connectivity index (χ3v) is 3.67. The van der Waals surface area contributed by atoms with Crippen LogP contribution in [-0.4, -0.2) is 16.9 Å². The van der Waals surface area contributed by atoms with Crippen molar-refractivity contribution in [2.45, 2.75) is 6.92 Å². The third-order valence-electron chi connectivity index (χ3n) is 3.67. The minimum absolute atomic E-state index is 0.0326. The first-order chi connectivity index (χ1) is 10.6. The predicted molar refractivity (Wildman–Crippen MR) is 85.5 cm³/mol. The molecule has 0 aromatic heterocycles. The van der Waals surface area contributed by atoms with Crippen molar-refractivity contribution in [3.8, 4) is 0 Å². The van der Waals surface area contributed by atoms with Gasteiger partial charge in [0.2, 0.25) is 0 Å². The zero-order valence-corrected chi connectivity index (χ0v) is 12.0.